The number of nitrogens with one attached hydrogen (secondary N) is 1. The number of hydrogen-bond donors (Lipinski definition) is 1. The highest BCUT2D eigenvalue weighted by Crippen LogP contribution is 2.16. The minimum atomic E-state index is 0.583. The molecule has 1 atom stereocenters. The average molecular weight is 250 g/mol. The molecule has 0 amide bonds. The SMILES string of the molecule is COc1ccc(OCCN2CCN[C@@H](C)C2)cc1. The Hall–Kier alpha value is -1.26. The number of hydrogen-bond acceptors (Lipinski definition) is 4. The van der Waals surface area contributed by atoms with E-state index in [4.69, 9.17) is 9.47 Å². The van der Waals surface area contributed by atoms with Crippen molar-refractivity contribution >= 4 is 0 Å². The summed E-state index contributed by atoms with van der Waals surface area (Å²) in [5.74, 6) is 1.76. The molecule has 4 heteroatoms. The van der Waals surface area contributed by atoms with E-state index in [9.17, 15) is 0 Å². The van der Waals surface area contributed by atoms with Crippen molar-refractivity contribution in [1.82, 2.24) is 10.2 Å². The van der Waals surface area contributed by atoms with Gasteiger partial charge in [0.2, 0.25) is 0 Å². The summed E-state index contributed by atoms with van der Waals surface area (Å²) in [5.41, 5.74) is 0. The Morgan fingerprint density at radius 2 is 2.00 bits per heavy atom. The lowest BCUT2D eigenvalue weighted by molar-refractivity contribution is 0.170. The van der Waals surface area contributed by atoms with Gasteiger partial charge in [-0.1, -0.05) is 0 Å². The minimum Gasteiger partial charge on any atom is -0.497 e. The van der Waals surface area contributed by atoms with E-state index in [2.05, 4.69) is 17.1 Å². The molecule has 2 rings (SSSR count). The summed E-state index contributed by atoms with van der Waals surface area (Å²) in [6.45, 7) is 7.22. The van der Waals surface area contributed by atoms with Crippen molar-refractivity contribution in [2.24, 2.45) is 0 Å². The maximum atomic E-state index is 5.73. The molecule has 0 saturated carbocycles. The van der Waals surface area contributed by atoms with Gasteiger partial charge >= 0.3 is 0 Å². The zero-order valence-electron chi connectivity index (χ0n) is 11.2. The van der Waals surface area contributed by atoms with Gasteiger partial charge in [-0.3, -0.25) is 4.90 Å². The van der Waals surface area contributed by atoms with Crippen LogP contribution in [0.2, 0.25) is 0 Å². The molecule has 18 heavy (non-hydrogen) atoms. The summed E-state index contributed by atoms with van der Waals surface area (Å²) in [6, 6.07) is 8.31. The van der Waals surface area contributed by atoms with Crippen molar-refractivity contribution in [2.45, 2.75) is 13.0 Å². The fraction of sp³-hybridized carbons (Fsp3) is 0.571. The summed E-state index contributed by atoms with van der Waals surface area (Å²) < 4.78 is 10.8. The van der Waals surface area contributed by atoms with Crippen molar-refractivity contribution < 1.29 is 9.47 Å². The van der Waals surface area contributed by atoms with Gasteiger partial charge in [0.15, 0.2) is 0 Å². The molecule has 1 aliphatic heterocycles. The Kier molecular flexibility index (Phi) is 4.84. The van der Waals surface area contributed by atoms with Gasteiger partial charge in [-0.15, -0.1) is 0 Å². The number of benzene rings is 1. The molecule has 1 saturated heterocycles. The maximum Gasteiger partial charge on any atom is 0.119 e. The third-order valence-electron chi connectivity index (χ3n) is 3.19. The molecule has 0 aliphatic carbocycles. The van der Waals surface area contributed by atoms with Gasteiger partial charge in [-0.05, 0) is 31.2 Å². The minimum absolute atomic E-state index is 0.583. The highest BCUT2D eigenvalue weighted by atomic mass is 16.5. The first-order valence-electron chi connectivity index (χ1n) is 6.50. The summed E-state index contributed by atoms with van der Waals surface area (Å²) in [7, 11) is 1.67. The van der Waals surface area contributed by atoms with Gasteiger partial charge in [0, 0.05) is 32.2 Å². The van der Waals surface area contributed by atoms with Gasteiger partial charge in [0.05, 0.1) is 7.11 Å². The molecule has 100 valence electrons. The molecule has 0 bridgehead atoms. The van der Waals surface area contributed by atoms with E-state index >= 15 is 0 Å². The van der Waals surface area contributed by atoms with E-state index in [-0.39, 0.29) is 0 Å². The van der Waals surface area contributed by atoms with Gasteiger partial charge in [0.1, 0.15) is 18.1 Å². The Morgan fingerprint density at radius 3 is 2.67 bits per heavy atom. The number of ether oxygens (including phenoxy) is 2. The van der Waals surface area contributed by atoms with Crippen LogP contribution in [0.3, 0.4) is 0 Å². The lowest BCUT2D eigenvalue weighted by Crippen LogP contribution is -2.50. The van der Waals surface area contributed by atoms with Crippen LogP contribution in [0.25, 0.3) is 0 Å². The second kappa shape index (κ2) is 6.61. The zero-order chi connectivity index (χ0) is 12.8. The lowest BCUT2D eigenvalue weighted by atomic mass is 10.2. The standard InChI is InChI=1S/C14H22N2O2/c1-12-11-16(8-7-15-12)9-10-18-14-5-3-13(17-2)4-6-14/h3-6,12,15H,7-11H2,1-2H3/t12-/m0/s1. The largest absolute Gasteiger partial charge is 0.497 e. The number of piperazine rings is 1. The van der Waals surface area contributed by atoms with Crippen LogP contribution in [-0.4, -0.2) is 50.8 Å². The van der Waals surface area contributed by atoms with Gasteiger partial charge < -0.3 is 14.8 Å². The summed E-state index contributed by atoms with van der Waals surface area (Å²) in [4.78, 5) is 2.44. The molecular weight excluding hydrogens is 228 g/mol. The lowest BCUT2D eigenvalue weighted by Gasteiger charge is -2.31. The molecule has 0 unspecified atom stereocenters. The summed E-state index contributed by atoms with van der Waals surface area (Å²) in [6.07, 6.45) is 0. The van der Waals surface area contributed by atoms with Crippen LogP contribution in [-0.2, 0) is 0 Å². The number of methoxy groups -OCH3 is 1. The first-order chi connectivity index (χ1) is 8.78. The molecule has 1 fully saturated rings. The molecule has 1 aliphatic rings. The second-order valence-corrected chi connectivity index (χ2v) is 4.68. The highest BCUT2D eigenvalue weighted by molar-refractivity contribution is 5.31. The van der Waals surface area contributed by atoms with Crippen LogP contribution in [0.1, 0.15) is 6.92 Å². The second-order valence-electron chi connectivity index (χ2n) is 4.68. The molecule has 1 aromatic rings. The Bertz CT molecular complexity index is 353. The van der Waals surface area contributed by atoms with E-state index in [1.54, 1.807) is 7.11 Å². The molecule has 0 radical (unpaired) electrons. The van der Waals surface area contributed by atoms with Gasteiger partial charge in [0.25, 0.3) is 0 Å². The molecule has 1 N–H and O–H groups in total. The molecular formula is C14H22N2O2. The van der Waals surface area contributed by atoms with E-state index in [1.807, 2.05) is 24.3 Å². The molecule has 1 heterocycles. The van der Waals surface area contributed by atoms with Crippen LogP contribution >= 0.6 is 0 Å². The predicted octanol–water partition coefficient (Wildman–Crippen LogP) is 1.37. The Balaban J connectivity index is 1.70. The quantitative estimate of drug-likeness (QED) is 0.856. The monoisotopic (exact) mass is 250 g/mol. The number of nitrogens with zero attached hydrogens (tertiary/aromatic N) is 1. The first-order valence-corrected chi connectivity index (χ1v) is 6.50. The van der Waals surface area contributed by atoms with Crippen molar-refractivity contribution in [3.63, 3.8) is 0 Å². The average Bonchev–Trinajstić information content (AvgIpc) is 2.40. The third kappa shape index (κ3) is 3.89. The summed E-state index contributed by atoms with van der Waals surface area (Å²) in [5, 5.41) is 3.44. The van der Waals surface area contributed by atoms with Crippen LogP contribution < -0.4 is 14.8 Å². The topological polar surface area (TPSA) is 33.7 Å². The molecule has 0 spiro atoms. The van der Waals surface area contributed by atoms with Gasteiger partial charge in [-0.25, -0.2) is 0 Å². The smallest absolute Gasteiger partial charge is 0.119 e. The first kappa shape index (κ1) is 13.2. The molecule has 0 aromatic heterocycles. The van der Waals surface area contributed by atoms with Crippen LogP contribution in [0.4, 0.5) is 0 Å². The highest BCUT2D eigenvalue weighted by Gasteiger charge is 2.14. The Morgan fingerprint density at radius 1 is 1.28 bits per heavy atom. The van der Waals surface area contributed by atoms with Crippen molar-refractivity contribution in [3.05, 3.63) is 24.3 Å². The van der Waals surface area contributed by atoms with Gasteiger partial charge in [-0.2, -0.15) is 0 Å². The van der Waals surface area contributed by atoms with Crippen molar-refractivity contribution in [2.75, 3.05) is 39.9 Å². The summed E-state index contributed by atoms with van der Waals surface area (Å²) >= 11 is 0. The zero-order valence-corrected chi connectivity index (χ0v) is 11.2. The normalized spacial score (nSPS) is 20.7. The third-order valence-corrected chi connectivity index (χ3v) is 3.19. The fourth-order valence-corrected chi connectivity index (χ4v) is 2.18. The molecule has 1 aromatic carbocycles. The number of rotatable bonds is 5. The van der Waals surface area contributed by atoms with E-state index in [0.717, 1.165) is 44.3 Å². The Labute approximate surface area is 109 Å². The fourth-order valence-electron chi connectivity index (χ4n) is 2.18. The van der Waals surface area contributed by atoms with Crippen LogP contribution in [0.5, 0.6) is 11.5 Å². The van der Waals surface area contributed by atoms with Crippen molar-refractivity contribution in [1.29, 1.82) is 0 Å². The van der Waals surface area contributed by atoms with E-state index < -0.39 is 0 Å². The van der Waals surface area contributed by atoms with Crippen LogP contribution in [0, 0.1) is 0 Å². The predicted molar refractivity (Wildman–Crippen MR) is 72.4 cm³/mol. The van der Waals surface area contributed by atoms with Crippen molar-refractivity contribution in [3.8, 4) is 11.5 Å². The maximum absolute atomic E-state index is 5.73. The van der Waals surface area contributed by atoms with Crippen LogP contribution in [0.15, 0.2) is 24.3 Å². The molecule has 4 nitrogen and oxygen atoms in total. The van der Waals surface area contributed by atoms with E-state index in [0.29, 0.717) is 6.04 Å². The van der Waals surface area contributed by atoms with E-state index in [1.165, 1.54) is 0 Å².